The number of amides is 1. The van der Waals surface area contributed by atoms with Gasteiger partial charge in [0.05, 0.1) is 5.69 Å². The van der Waals surface area contributed by atoms with E-state index in [2.05, 4.69) is 5.32 Å². The van der Waals surface area contributed by atoms with Gasteiger partial charge in [0.2, 0.25) is 5.91 Å². The lowest BCUT2D eigenvalue weighted by molar-refractivity contribution is -0.117. The van der Waals surface area contributed by atoms with Gasteiger partial charge in [0.1, 0.15) is 5.82 Å². The van der Waals surface area contributed by atoms with E-state index >= 15 is 0 Å². The summed E-state index contributed by atoms with van der Waals surface area (Å²) < 4.78 is 13.7. The van der Waals surface area contributed by atoms with E-state index in [0.717, 1.165) is 25.7 Å². The van der Waals surface area contributed by atoms with Gasteiger partial charge in [-0.25, -0.2) is 4.39 Å². The van der Waals surface area contributed by atoms with Gasteiger partial charge in [-0.05, 0) is 53.6 Å². The molecule has 0 aromatic heterocycles. The second-order valence-corrected chi connectivity index (χ2v) is 6.43. The van der Waals surface area contributed by atoms with Gasteiger partial charge in [0.15, 0.2) is 0 Å². The zero-order chi connectivity index (χ0) is 13.9. The van der Waals surface area contributed by atoms with Crippen LogP contribution in [0.3, 0.4) is 0 Å². The van der Waals surface area contributed by atoms with Crippen LogP contribution < -0.4 is 11.1 Å². The molecule has 0 unspecified atom stereocenters. The molecule has 104 valence electrons. The summed E-state index contributed by atoms with van der Waals surface area (Å²) >= 11 is 2.01. The Bertz CT molecular complexity index is 473. The first-order valence-electron chi connectivity index (χ1n) is 6.52. The van der Waals surface area contributed by atoms with E-state index < -0.39 is 0 Å². The Morgan fingerprint density at radius 1 is 1.37 bits per heavy atom. The summed E-state index contributed by atoms with van der Waals surface area (Å²) in [7, 11) is 0. The highest BCUT2D eigenvalue weighted by molar-refractivity contribution is 14.1. The quantitative estimate of drug-likeness (QED) is 0.795. The van der Waals surface area contributed by atoms with E-state index in [1.54, 1.807) is 6.07 Å². The van der Waals surface area contributed by atoms with Gasteiger partial charge < -0.3 is 11.1 Å². The van der Waals surface area contributed by atoms with Crippen molar-refractivity contribution in [1.29, 1.82) is 0 Å². The number of nitrogens with one attached hydrogen (secondary N) is 1. The first kappa shape index (κ1) is 14.7. The van der Waals surface area contributed by atoms with Crippen molar-refractivity contribution in [2.45, 2.75) is 44.1 Å². The van der Waals surface area contributed by atoms with Crippen molar-refractivity contribution < 1.29 is 9.18 Å². The Labute approximate surface area is 126 Å². The second kappa shape index (κ2) is 6.17. The first-order chi connectivity index (χ1) is 8.98. The number of carbonyl (C=O) groups is 1. The van der Waals surface area contributed by atoms with Gasteiger partial charge >= 0.3 is 0 Å². The lowest BCUT2D eigenvalue weighted by Crippen LogP contribution is -2.44. The fourth-order valence-corrected chi connectivity index (χ4v) is 3.15. The van der Waals surface area contributed by atoms with Crippen molar-refractivity contribution in [1.82, 2.24) is 0 Å². The number of nitrogens with two attached hydrogens (primary N) is 1. The highest BCUT2D eigenvalue weighted by Gasteiger charge is 2.30. The first-order valence-corrected chi connectivity index (χ1v) is 7.60. The summed E-state index contributed by atoms with van der Waals surface area (Å²) in [5.41, 5.74) is 6.53. The predicted octanol–water partition coefficient (Wildman–Crippen LogP) is 3.42. The molecule has 1 aliphatic carbocycles. The van der Waals surface area contributed by atoms with Gasteiger partial charge in [-0.15, -0.1) is 0 Å². The molecule has 0 bridgehead atoms. The van der Waals surface area contributed by atoms with Crippen LogP contribution in [0.5, 0.6) is 0 Å². The number of benzene rings is 1. The molecule has 5 heteroatoms. The van der Waals surface area contributed by atoms with E-state index in [0.29, 0.717) is 15.7 Å². The van der Waals surface area contributed by atoms with E-state index in [-0.39, 0.29) is 17.3 Å². The number of halogens is 2. The van der Waals surface area contributed by atoms with Crippen LogP contribution in [0.2, 0.25) is 0 Å². The molecule has 0 aliphatic heterocycles. The molecule has 3 N–H and O–H groups in total. The molecule has 1 aliphatic rings. The molecule has 0 atom stereocenters. The van der Waals surface area contributed by atoms with E-state index in [1.807, 2.05) is 22.6 Å². The zero-order valence-electron chi connectivity index (χ0n) is 10.7. The van der Waals surface area contributed by atoms with Crippen molar-refractivity contribution in [2.24, 2.45) is 5.73 Å². The Morgan fingerprint density at radius 2 is 2.05 bits per heavy atom. The van der Waals surface area contributed by atoms with E-state index in [1.165, 1.54) is 18.6 Å². The molecule has 2 rings (SSSR count). The van der Waals surface area contributed by atoms with Crippen molar-refractivity contribution in [3.63, 3.8) is 0 Å². The summed E-state index contributed by atoms with van der Waals surface area (Å²) in [5.74, 6) is -0.390. The van der Waals surface area contributed by atoms with Gasteiger partial charge in [0, 0.05) is 15.5 Å². The van der Waals surface area contributed by atoms with Gasteiger partial charge in [-0.3, -0.25) is 4.79 Å². The predicted molar refractivity (Wildman–Crippen MR) is 82.4 cm³/mol. The average molecular weight is 376 g/mol. The molecule has 1 amide bonds. The van der Waals surface area contributed by atoms with Crippen LogP contribution >= 0.6 is 22.6 Å². The summed E-state index contributed by atoms with van der Waals surface area (Å²) in [6.45, 7) is 0. The molecule has 1 aromatic carbocycles. The van der Waals surface area contributed by atoms with E-state index in [4.69, 9.17) is 5.73 Å². The Morgan fingerprint density at radius 3 is 2.68 bits per heavy atom. The number of carbonyl (C=O) groups excluding carboxylic acids is 1. The third-order valence-electron chi connectivity index (χ3n) is 3.57. The lowest BCUT2D eigenvalue weighted by atomic mass is 9.80. The van der Waals surface area contributed by atoms with Crippen LogP contribution in [0.25, 0.3) is 0 Å². The molecule has 19 heavy (non-hydrogen) atoms. The van der Waals surface area contributed by atoms with Gasteiger partial charge in [-0.2, -0.15) is 0 Å². The standard InChI is InChI=1S/C14H18FIN2O/c15-10-4-5-12(11(16)8-10)18-13(19)9-14(17)6-2-1-3-7-14/h4-5,8H,1-3,6-7,9,17H2,(H,18,19). The molecular formula is C14H18FIN2O. The summed E-state index contributed by atoms with van der Waals surface area (Å²) in [6.07, 6.45) is 5.54. The fourth-order valence-electron chi connectivity index (χ4n) is 2.54. The van der Waals surface area contributed by atoms with Crippen molar-refractivity contribution in [3.05, 3.63) is 27.6 Å². The van der Waals surface area contributed by atoms with Crippen molar-refractivity contribution >= 4 is 34.2 Å². The summed E-state index contributed by atoms with van der Waals surface area (Å²) in [5, 5.41) is 2.82. The van der Waals surface area contributed by atoms with Crippen molar-refractivity contribution in [2.75, 3.05) is 5.32 Å². The Balaban J connectivity index is 1.97. The molecule has 0 radical (unpaired) electrons. The largest absolute Gasteiger partial charge is 0.325 e. The highest BCUT2D eigenvalue weighted by atomic mass is 127. The minimum atomic E-state index is -0.367. The van der Waals surface area contributed by atoms with Crippen LogP contribution in [-0.4, -0.2) is 11.4 Å². The average Bonchev–Trinajstić information content (AvgIpc) is 2.33. The monoisotopic (exact) mass is 376 g/mol. The lowest BCUT2D eigenvalue weighted by Gasteiger charge is -2.32. The smallest absolute Gasteiger partial charge is 0.226 e. The Kier molecular flexibility index (Phi) is 4.78. The molecule has 1 saturated carbocycles. The van der Waals surface area contributed by atoms with Crippen molar-refractivity contribution in [3.8, 4) is 0 Å². The summed E-state index contributed by atoms with van der Waals surface area (Å²) in [4.78, 5) is 12.0. The topological polar surface area (TPSA) is 55.1 Å². The normalized spacial score (nSPS) is 18.1. The van der Waals surface area contributed by atoms with Crippen LogP contribution in [0.15, 0.2) is 18.2 Å². The highest BCUT2D eigenvalue weighted by Crippen LogP contribution is 2.29. The third-order valence-corrected chi connectivity index (χ3v) is 4.46. The zero-order valence-corrected chi connectivity index (χ0v) is 12.9. The molecule has 0 heterocycles. The second-order valence-electron chi connectivity index (χ2n) is 5.27. The number of hydrogen-bond donors (Lipinski definition) is 2. The number of hydrogen-bond acceptors (Lipinski definition) is 2. The number of anilines is 1. The minimum Gasteiger partial charge on any atom is -0.325 e. The van der Waals surface area contributed by atoms with E-state index in [9.17, 15) is 9.18 Å². The maximum atomic E-state index is 13.0. The SMILES string of the molecule is NC1(CC(=O)Nc2ccc(F)cc2I)CCCCC1. The third kappa shape index (κ3) is 4.14. The van der Waals surface area contributed by atoms with Crippen LogP contribution in [0, 0.1) is 9.39 Å². The molecule has 3 nitrogen and oxygen atoms in total. The minimum absolute atomic E-state index is 0.0890. The molecule has 1 fully saturated rings. The number of rotatable bonds is 3. The van der Waals surface area contributed by atoms with Gasteiger partial charge in [0.25, 0.3) is 0 Å². The van der Waals surface area contributed by atoms with Gasteiger partial charge in [-0.1, -0.05) is 19.3 Å². The van der Waals surface area contributed by atoms with Crippen LogP contribution in [0.1, 0.15) is 38.5 Å². The molecular weight excluding hydrogens is 358 g/mol. The Hall–Kier alpha value is -0.690. The van der Waals surface area contributed by atoms with Crippen LogP contribution in [-0.2, 0) is 4.79 Å². The summed E-state index contributed by atoms with van der Waals surface area (Å²) in [6, 6.07) is 4.32. The maximum Gasteiger partial charge on any atom is 0.226 e. The molecule has 1 aromatic rings. The fraction of sp³-hybridized carbons (Fsp3) is 0.500. The molecule has 0 spiro atoms. The van der Waals surface area contributed by atoms with Crippen LogP contribution in [0.4, 0.5) is 10.1 Å². The maximum absolute atomic E-state index is 13.0. The molecule has 0 saturated heterocycles.